The maximum Gasteiger partial charge on any atom is 0.171 e. The minimum atomic E-state index is 0.0737. The summed E-state index contributed by atoms with van der Waals surface area (Å²) in [4.78, 5) is 0. The fraction of sp³-hybridized carbons (Fsp3) is 0.316. The average molecular weight is 312 g/mol. The van der Waals surface area contributed by atoms with Crippen LogP contribution in [-0.2, 0) is 5.41 Å². The highest BCUT2D eigenvalue weighted by molar-refractivity contribution is 7.80. The Hall–Kier alpha value is -1.87. The molecule has 0 bridgehead atoms. The van der Waals surface area contributed by atoms with Crippen LogP contribution < -0.4 is 10.6 Å². The van der Waals surface area contributed by atoms with E-state index in [0.717, 1.165) is 5.69 Å². The fourth-order valence-corrected chi connectivity index (χ4v) is 2.71. The van der Waals surface area contributed by atoms with E-state index in [1.165, 1.54) is 11.1 Å². The van der Waals surface area contributed by atoms with Crippen LogP contribution in [0, 0.1) is 0 Å². The average Bonchev–Trinajstić information content (AvgIpc) is 2.47. The lowest BCUT2D eigenvalue weighted by Crippen LogP contribution is -2.31. The van der Waals surface area contributed by atoms with Gasteiger partial charge in [0.15, 0.2) is 5.11 Å². The SMILES string of the molecule is CC(NC(=S)Nc1ccccc1C(C)(C)C)c1ccccc1. The summed E-state index contributed by atoms with van der Waals surface area (Å²) >= 11 is 5.47. The van der Waals surface area contributed by atoms with Gasteiger partial charge in [-0.3, -0.25) is 0 Å². The summed E-state index contributed by atoms with van der Waals surface area (Å²) in [6.07, 6.45) is 0. The molecule has 0 radical (unpaired) electrons. The van der Waals surface area contributed by atoms with E-state index < -0.39 is 0 Å². The molecule has 0 spiro atoms. The zero-order chi connectivity index (χ0) is 16.2. The van der Waals surface area contributed by atoms with Crippen LogP contribution in [0.15, 0.2) is 54.6 Å². The van der Waals surface area contributed by atoms with Gasteiger partial charge in [-0.2, -0.15) is 0 Å². The molecule has 2 rings (SSSR count). The smallest absolute Gasteiger partial charge is 0.171 e. The highest BCUT2D eigenvalue weighted by Gasteiger charge is 2.18. The fourth-order valence-electron chi connectivity index (χ4n) is 2.43. The molecule has 22 heavy (non-hydrogen) atoms. The Morgan fingerprint density at radius 3 is 2.18 bits per heavy atom. The Morgan fingerprint density at radius 1 is 0.955 bits per heavy atom. The molecule has 0 aliphatic heterocycles. The van der Waals surface area contributed by atoms with Crippen molar-refractivity contribution in [3.63, 3.8) is 0 Å². The first-order valence-corrected chi connectivity index (χ1v) is 8.01. The van der Waals surface area contributed by atoms with Crippen LogP contribution in [0.3, 0.4) is 0 Å². The van der Waals surface area contributed by atoms with Crippen LogP contribution >= 0.6 is 12.2 Å². The molecule has 2 aromatic rings. The van der Waals surface area contributed by atoms with Gasteiger partial charge in [0.2, 0.25) is 0 Å². The number of hydrogen-bond acceptors (Lipinski definition) is 1. The lowest BCUT2D eigenvalue weighted by atomic mass is 9.86. The molecule has 0 saturated heterocycles. The van der Waals surface area contributed by atoms with Crippen LogP contribution in [0.4, 0.5) is 5.69 Å². The van der Waals surface area contributed by atoms with Gasteiger partial charge in [-0.05, 0) is 41.7 Å². The highest BCUT2D eigenvalue weighted by Crippen LogP contribution is 2.29. The molecular formula is C19H24N2S. The van der Waals surface area contributed by atoms with Crippen LogP contribution in [0.25, 0.3) is 0 Å². The Kier molecular flexibility index (Phi) is 5.19. The standard InChI is InChI=1S/C19H24N2S/c1-14(15-10-6-5-7-11-15)20-18(22)21-17-13-9-8-12-16(17)19(2,3)4/h5-14H,1-4H3,(H2,20,21,22). The van der Waals surface area contributed by atoms with Crippen molar-refractivity contribution < 1.29 is 0 Å². The van der Waals surface area contributed by atoms with E-state index in [9.17, 15) is 0 Å². The highest BCUT2D eigenvalue weighted by atomic mass is 32.1. The molecule has 0 amide bonds. The first-order valence-electron chi connectivity index (χ1n) is 7.60. The number of nitrogens with one attached hydrogen (secondary N) is 2. The maximum atomic E-state index is 5.47. The summed E-state index contributed by atoms with van der Waals surface area (Å²) in [5, 5.41) is 7.33. The second-order valence-corrected chi connectivity index (χ2v) is 6.93. The minimum Gasteiger partial charge on any atom is -0.356 e. The van der Waals surface area contributed by atoms with Gasteiger partial charge < -0.3 is 10.6 Å². The summed E-state index contributed by atoms with van der Waals surface area (Å²) in [5.74, 6) is 0. The summed E-state index contributed by atoms with van der Waals surface area (Å²) < 4.78 is 0. The Morgan fingerprint density at radius 2 is 1.55 bits per heavy atom. The molecule has 2 N–H and O–H groups in total. The third-order valence-corrected chi connectivity index (χ3v) is 3.85. The number of hydrogen-bond donors (Lipinski definition) is 2. The van der Waals surface area contributed by atoms with E-state index in [0.29, 0.717) is 5.11 Å². The van der Waals surface area contributed by atoms with Crippen molar-refractivity contribution in [1.29, 1.82) is 0 Å². The number of rotatable bonds is 3. The zero-order valence-electron chi connectivity index (χ0n) is 13.7. The Bertz CT molecular complexity index is 629. The van der Waals surface area contributed by atoms with Gasteiger partial charge in [-0.25, -0.2) is 0 Å². The number of anilines is 1. The van der Waals surface area contributed by atoms with Crippen molar-refractivity contribution in [2.24, 2.45) is 0 Å². The normalized spacial score (nSPS) is 12.5. The molecule has 2 nitrogen and oxygen atoms in total. The minimum absolute atomic E-state index is 0.0737. The van der Waals surface area contributed by atoms with Crippen molar-refractivity contribution in [2.45, 2.75) is 39.2 Å². The van der Waals surface area contributed by atoms with E-state index >= 15 is 0 Å². The van der Waals surface area contributed by atoms with Crippen LogP contribution in [0.5, 0.6) is 0 Å². The molecule has 1 unspecified atom stereocenters. The third-order valence-electron chi connectivity index (χ3n) is 3.63. The lowest BCUT2D eigenvalue weighted by Gasteiger charge is -2.24. The van der Waals surface area contributed by atoms with Gasteiger partial charge in [0.05, 0.1) is 6.04 Å². The molecule has 2 aromatic carbocycles. The van der Waals surface area contributed by atoms with Crippen molar-refractivity contribution >= 4 is 23.0 Å². The zero-order valence-corrected chi connectivity index (χ0v) is 14.5. The van der Waals surface area contributed by atoms with E-state index in [4.69, 9.17) is 12.2 Å². The maximum absolute atomic E-state index is 5.47. The third kappa shape index (κ3) is 4.31. The molecule has 0 saturated carbocycles. The first kappa shape index (κ1) is 16.5. The Labute approximate surface area is 139 Å². The predicted octanol–water partition coefficient (Wildman–Crippen LogP) is 5.03. The second kappa shape index (κ2) is 6.93. The van der Waals surface area contributed by atoms with Crippen molar-refractivity contribution in [3.8, 4) is 0 Å². The molecule has 3 heteroatoms. The monoisotopic (exact) mass is 312 g/mol. The molecule has 116 valence electrons. The molecule has 0 aliphatic rings. The van der Waals surface area contributed by atoms with E-state index in [-0.39, 0.29) is 11.5 Å². The molecule has 0 fully saturated rings. The molecule has 0 heterocycles. The van der Waals surface area contributed by atoms with Crippen LogP contribution in [0.1, 0.15) is 44.9 Å². The molecule has 1 atom stereocenters. The van der Waals surface area contributed by atoms with Gasteiger partial charge in [-0.1, -0.05) is 69.3 Å². The van der Waals surface area contributed by atoms with Crippen LogP contribution in [-0.4, -0.2) is 5.11 Å². The first-order chi connectivity index (χ1) is 10.4. The van der Waals surface area contributed by atoms with Crippen molar-refractivity contribution in [1.82, 2.24) is 5.32 Å². The largest absolute Gasteiger partial charge is 0.356 e. The summed E-state index contributed by atoms with van der Waals surface area (Å²) in [6.45, 7) is 8.72. The number of benzene rings is 2. The quantitative estimate of drug-likeness (QED) is 0.777. The van der Waals surface area contributed by atoms with Gasteiger partial charge in [0.1, 0.15) is 0 Å². The van der Waals surface area contributed by atoms with E-state index in [1.807, 2.05) is 24.3 Å². The number of thiocarbonyl (C=S) groups is 1. The van der Waals surface area contributed by atoms with Crippen LogP contribution in [0.2, 0.25) is 0 Å². The van der Waals surface area contributed by atoms with E-state index in [2.05, 4.69) is 68.7 Å². The topological polar surface area (TPSA) is 24.1 Å². The summed E-state index contributed by atoms with van der Waals surface area (Å²) in [5.41, 5.74) is 3.61. The molecule has 0 aliphatic carbocycles. The lowest BCUT2D eigenvalue weighted by molar-refractivity contribution is 0.592. The van der Waals surface area contributed by atoms with Gasteiger partial charge >= 0.3 is 0 Å². The Balaban J connectivity index is 2.07. The molecular weight excluding hydrogens is 288 g/mol. The van der Waals surface area contributed by atoms with Crippen molar-refractivity contribution in [3.05, 3.63) is 65.7 Å². The predicted molar refractivity (Wildman–Crippen MR) is 99.4 cm³/mol. The second-order valence-electron chi connectivity index (χ2n) is 6.53. The van der Waals surface area contributed by atoms with Gasteiger partial charge in [0, 0.05) is 5.69 Å². The van der Waals surface area contributed by atoms with Crippen molar-refractivity contribution in [2.75, 3.05) is 5.32 Å². The van der Waals surface area contributed by atoms with Gasteiger partial charge in [0.25, 0.3) is 0 Å². The van der Waals surface area contributed by atoms with E-state index in [1.54, 1.807) is 0 Å². The summed E-state index contributed by atoms with van der Waals surface area (Å²) in [7, 11) is 0. The van der Waals surface area contributed by atoms with Gasteiger partial charge in [-0.15, -0.1) is 0 Å². The number of para-hydroxylation sites is 1. The summed E-state index contributed by atoms with van der Waals surface area (Å²) in [6, 6.07) is 18.8. The molecule has 0 aromatic heterocycles.